The van der Waals surface area contributed by atoms with Crippen molar-refractivity contribution in [3.8, 4) is 0 Å². The van der Waals surface area contributed by atoms with Gasteiger partial charge in [0.15, 0.2) is 0 Å². The van der Waals surface area contributed by atoms with Crippen molar-refractivity contribution in [2.45, 2.75) is 32.7 Å². The van der Waals surface area contributed by atoms with Crippen molar-refractivity contribution >= 4 is 22.1 Å². The number of carboxylic acids is 1. The molecule has 1 aliphatic rings. The van der Waals surface area contributed by atoms with E-state index in [1.807, 2.05) is 0 Å². The highest BCUT2D eigenvalue weighted by molar-refractivity contribution is 7.87. The Morgan fingerprint density at radius 1 is 1.50 bits per heavy atom. The lowest BCUT2D eigenvalue weighted by atomic mass is 10.0. The normalized spacial score (nSPS) is 22.2. The number of piperidine rings is 1. The van der Waals surface area contributed by atoms with Gasteiger partial charge in [0.05, 0.1) is 12.5 Å². The fourth-order valence-corrected chi connectivity index (χ4v) is 3.40. The maximum Gasteiger partial charge on any atom is 0.321 e. The van der Waals surface area contributed by atoms with Crippen LogP contribution in [-0.4, -0.2) is 55.5 Å². The summed E-state index contributed by atoms with van der Waals surface area (Å²) < 4.78 is 32.1. The molecule has 20 heavy (non-hydrogen) atoms. The van der Waals surface area contributed by atoms with Gasteiger partial charge in [-0.25, -0.2) is 0 Å². The largest absolute Gasteiger partial charge is 0.480 e. The van der Waals surface area contributed by atoms with Crippen LogP contribution in [-0.2, 0) is 24.5 Å². The lowest BCUT2D eigenvalue weighted by Crippen LogP contribution is -2.51. The highest BCUT2D eigenvalue weighted by Gasteiger charge is 2.34. The molecular weight excluding hydrogens is 288 g/mol. The Morgan fingerprint density at radius 2 is 2.15 bits per heavy atom. The number of carbonyl (C=O) groups is 2. The van der Waals surface area contributed by atoms with E-state index in [9.17, 15) is 18.0 Å². The third-order valence-corrected chi connectivity index (χ3v) is 4.70. The maximum absolute atomic E-state index is 12.0. The number of nitrogens with zero attached hydrogens (tertiary/aromatic N) is 1. The third kappa shape index (κ3) is 4.43. The number of carboxylic acid groups (broad SMARTS) is 1. The highest BCUT2D eigenvalue weighted by atomic mass is 32.2. The Kier molecular flexibility index (Phi) is 5.90. The van der Waals surface area contributed by atoms with Gasteiger partial charge in [0.25, 0.3) is 10.2 Å². The second-order valence-electron chi connectivity index (χ2n) is 4.63. The van der Waals surface area contributed by atoms with Gasteiger partial charge in [0.2, 0.25) is 0 Å². The predicted molar refractivity (Wildman–Crippen MR) is 70.1 cm³/mol. The minimum absolute atomic E-state index is 0.0144. The first-order valence-electron chi connectivity index (χ1n) is 6.44. The molecule has 0 radical (unpaired) electrons. The standard InChI is InChI=1S/C11H20N2O6S/c1-3-19-11(16)9-5-4-6-13(7-9)20(17,18)12-8(2)10(14)15/h8-9,12H,3-7H2,1-2H3,(H,14,15)/t8-,9?/m1/s1. The van der Waals surface area contributed by atoms with Crippen molar-refractivity contribution in [3.05, 3.63) is 0 Å². The fraction of sp³-hybridized carbons (Fsp3) is 0.818. The molecule has 8 nitrogen and oxygen atoms in total. The van der Waals surface area contributed by atoms with Gasteiger partial charge < -0.3 is 9.84 Å². The number of rotatable bonds is 6. The van der Waals surface area contributed by atoms with Crippen LogP contribution in [0.2, 0.25) is 0 Å². The average molecular weight is 308 g/mol. The van der Waals surface area contributed by atoms with Crippen LogP contribution < -0.4 is 4.72 Å². The van der Waals surface area contributed by atoms with E-state index in [-0.39, 0.29) is 19.7 Å². The smallest absolute Gasteiger partial charge is 0.321 e. The summed E-state index contributed by atoms with van der Waals surface area (Å²) in [5.41, 5.74) is 0. The molecule has 0 amide bonds. The summed E-state index contributed by atoms with van der Waals surface area (Å²) in [5.74, 6) is -2.17. The van der Waals surface area contributed by atoms with Crippen molar-refractivity contribution in [3.63, 3.8) is 0 Å². The lowest BCUT2D eigenvalue weighted by Gasteiger charge is -2.31. The lowest BCUT2D eigenvalue weighted by molar-refractivity contribution is -0.149. The van der Waals surface area contributed by atoms with Gasteiger partial charge in [-0.1, -0.05) is 0 Å². The zero-order chi connectivity index (χ0) is 15.3. The molecule has 1 fully saturated rings. The molecule has 2 atom stereocenters. The Hall–Kier alpha value is -1.19. The topological polar surface area (TPSA) is 113 Å². The van der Waals surface area contributed by atoms with E-state index in [0.717, 1.165) is 4.31 Å². The number of aliphatic carboxylic acids is 1. The number of carbonyl (C=O) groups excluding carboxylic acids is 1. The molecule has 0 saturated carbocycles. The van der Waals surface area contributed by atoms with Gasteiger partial charge in [-0.05, 0) is 26.7 Å². The molecule has 2 N–H and O–H groups in total. The number of ether oxygens (including phenoxy) is 1. The summed E-state index contributed by atoms with van der Waals surface area (Å²) in [6, 6.07) is -1.22. The van der Waals surface area contributed by atoms with Crippen molar-refractivity contribution in [1.82, 2.24) is 9.03 Å². The van der Waals surface area contributed by atoms with Crippen LogP contribution in [0, 0.1) is 5.92 Å². The van der Waals surface area contributed by atoms with E-state index in [1.54, 1.807) is 6.92 Å². The molecule has 0 aromatic carbocycles. The molecule has 1 heterocycles. The SMILES string of the molecule is CCOC(=O)C1CCCN(S(=O)(=O)N[C@H](C)C(=O)O)C1. The van der Waals surface area contributed by atoms with Crippen LogP contribution in [0.1, 0.15) is 26.7 Å². The van der Waals surface area contributed by atoms with E-state index < -0.39 is 34.1 Å². The Labute approximate surface area is 118 Å². The zero-order valence-corrected chi connectivity index (χ0v) is 12.4. The van der Waals surface area contributed by atoms with Crippen LogP contribution in [0.4, 0.5) is 0 Å². The third-order valence-electron chi connectivity index (χ3n) is 3.04. The van der Waals surface area contributed by atoms with Gasteiger partial charge >= 0.3 is 11.9 Å². The van der Waals surface area contributed by atoms with Gasteiger partial charge in [-0.2, -0.15) is 17.4 Å². The number of esters is 1. The predicted octanol–water partition coefficient (Wildman–Crippen LogP) is -0.431. The highest BCUT2D eigenvalue weighted by Crippen LogP contribution is 2.20. The summed E-state index contributed by atoms with van der Waals surface area (Å²) in [6.45, 7) is 3.45. The first kappa shape index (κ1) is 16.9. The minimum atomic E-state index is -3.91. The van der Waals surface area contributed by atoms with E-state index in [2.05, 4.69) is 4.72 Å². The molecule has 9 heteroatoms. The van der Waals surface area contributed by atoms with Crippen molar-refractivity contribution < 1.29 is 27.9 Å². The van der Waals surface area contributed by atoms with E-state index in [4.69, 9.17) is 9.84 Å². The minimum Gasteiger partial charge on any atom is -0.480 e. The molecule has 0 spiro atoms. The van der Waals surface area contributed by atoms with E-state index in [0.29, 0.717) is 12.8 Å². The summed E-state index contributed by atoms with van der Waals surface area (Å²) in [6.07, 6.45) is 1.10. The summed E-state index contributed by atoms with van der Waals surface area (Å²) in [7, 11) is -3.91. The first-order chi connectivity index (χ1) is 9.27. The number of hydrogen-bond donors (Lipinski definition) is 2. The van der Waals surface area contributed by atoms with Gasteiger partial charge in [-0.3, -0.25) is 9.59 Å². The molecule has 0 aromatic rings. The Morgan fingerprint density at radius 3 is 2.70 bits per heavy atom. The first-order valence-corrected chi connectivity index (χ1v) is 7.88. The molecule has 0 bridgehead atoms. The molecule has 1 aliphatic heterocycles. The number of hydrogen-bond acceptors (Lipinski definition) is 5. The Balaban J connectivity index is 2.70. The van der Waals surface area contributed by atoms with Crippen molar-refractivity contribution in [1.29, 1.82) is 0 Å². The monoisotopic (exact) mass is 308 g/mol. The van der Waals surface area contributed by atoms with Crippen LogP contribution in [0.15, 0.2) is 0 Å². The number of nitrogens with one attached hydrogen (secondary N) is 1. The van der Waals surface area contributed by atoms with Crippen LogP contribution in [0.5, 0.6) is 0 Å². The van der Waals surface area contributed by atoms with Crippen LogP contribution in [0.25, 0.3) is 0 Å². The van der Waals surface area contributed by atoms with Crippen molar-refractivity contribution in [2.75, 3.05) is 19.7 Å². The molecule has 116 valence electrons. The quantitative estimate of drug-likeness (QED) is 0.644. The molecule has 0 aliphatic carbocycles. The molecule has 1 unspecified atom stereocenters. The van der Waals surface area contributed by atoms with Gasteiger partial charge in [0.1, 0.15) is 6.04 Å². The van der Waals surface area contributed by atoms with Crippen LogP contribution in [0.3, 0.4) is 0 Å². The second-order valence-corrected chi connectivity index (χ2v) is 6.33. The van der Waals surface area contributed by atoms with Crippen LogP contribution >= 0.6 is 0 Å². The average Bonchev–Trinajstić information content (AvgIpc) is 2.38. The fourth-order valence-electron chi connectivity index (χ4n) is 1.96. The molecular formula is C11H20N2O6S. The zero-order valence-electron chi connectivity index (χ0n) is 11.5. The van der Waals surface area contributed by atoms with E-state index >= 15 is 0 Å². The van der Waals surface area contributed by atoms with Gasteiger partial charge in [-0.15, -0.1) is 0 Å². The summed E-state index contributed by atoms with van der Waals surface area (Å²) >= 11 is 0. The molecule has 1 rings (SSSR count). The Bertz CT molecular complexity index is 464. The maximum atomic E-state index is 12.0. The molecule has 1 saturated heterocycles. The van der Waals surface area contributed by atoms with Crippen molar-refractivity contribution in [2.24, 2.45) is 5.92 Å². The second kappa shape index (κ2) is 7.00. The van der Waals surface area contributed by atoms with E-state index in [1.165, 1.54) is 6.92 Å². The molecule has 0 aromatic heterocycles. The van der Waals surface area contributed by atoms with Gasteiger partial charge in [0, 0.05) is 13.1 Å². The summed E-state index contributed by atoms with van der Waals surface area (Å²) in [5, 5.41) is 8.73. The summed E-state index contributed by atoms with van der Waals surface area (Å²) in [4.78, 5) is 22.3.